The zero-order valence-corrected chi connectivity index (χ0v) is 13.5. The number of aliphatic carboxylic acids is 1. The third kappa shape index (κ3) is 10.0. The van der Waals surface area contributed by atoms with Crippen molar-refractivity contribution in [1.82, 2.24) is 14.9 Å². The van der Waals surface area contributed by atoms with E-state index in [1.54, 1.807) is 13.8 Å². The van der Waals surface area contributed by atoms with Gasteiger partial charge in [0.2, 0.25) is 10.0 Å². The highest BCUT2D eigenvalue weighted by Crippen LogP contribution is 2.02. The highest BCUT2D eigenvalue weighted by Gasteiger charge is 2.24. The molecule has 0 aliphatic carbocycles. The van der Waals surface area contributed by atoms with Crippen molar-refractivity contribution in [3.8, 4) is 0 Å². The second-order valence-electron chi connectivity index (χ2n) is 5.22. The standard InChI is InChI=1S/C11H23N3O6S/c1-11(2,13-21(4,18)19)8-12-10(17)14(5-6-20-3)7-9(15)16/h13H,5-8H2,1-4H3,(H,12,17)(H,15,16). The van der Waals surface area contributed by atoms with Crippen LogP contribution < -0.4 is 10.0 Å². The average molecular weight is 325 g/mol. The summed E-state index contributed by atoms with van der Waals surface area (Å²) < 4.78 is 29.5. The van der Waals surface area contributed by atoms with E-state index in [1.807, 2.05) is 0 Å². The molecule has 0 radical (unpaired) electrons. The highest BCUT2D eigenvalue weighted by molar-refractivity contribution is 7.88. The summed E-state index contributed by atoms with van der Waals surface area (Å²) >= 11 is 0. The molecule has 0 unspecified atom stereocenters. The Balaban J connectivity index is 4.57. The first-order valence-electron chi connectivity index (χ1n) is 6.19. The van der Waals surface area contributed by atoms with Crippen LogP contribution in [0.4, 0.5) is 4.79 Å². The number of carboxylic acids is 1. The van der Waals surface area contributed by atoms with Crippen LogP contribution >= 0.6 is 0 Å². The molecule has 124 valence electrons. The fraction of sp³-hybridized carbons (Fsp3) is 0.818. The quantitative estimate of drug-likeness (QED) is 0.502. The van der Waals surface area contributed by atoms with Crippen LogP contribution in [0.15, 0.2) is 0 Å². The van der Waals surface area contributed by atoms with Gasteiger partial charge in [0, 0.05) is 25.7 Å². The van der Waals surface area contributed by atoms with Gasteiger partial charge < -0.3 is 20.1 Å². The molecule has 9 nitrogen and oxygen atoms in total. The number of carbonyl (C=O) groups is 2. The molecule has 0 saturated heterocycles. The maximum absolute atomic E-state index is 11.9. The van der Waals surface area contributed by atoms with Crippen LogP contribution in [0.25, 0.3) is 0 Å². The second-order valence-corrected chi connectivity index (χ2v) is 6.97. The zero-order valence-electron chi connectivity index (χ0n) is 12.7. The number of carbonyl (C=O) groups excluding carboxylic acids is 1. The number of hydrogen-bond donors (Lipinski definition) is 3. The number of methoxy groups -OCH3 is 1. The minimum atomic E-state index is -3.41. The summed E-state index contributed by atoms with van der Waals surface area (Å²) in [5.74, 6) is -1.14. The summed E-state index contributed by atoms with van der Waals surface area (Å²) in [6.07, 6.45) is 1.02. The largest absolute Gasteiger partial charge is 0.480 e. The molecule has 0 rings (SSSR count). The molecule has 3 N–H and O–H groups in total. The van der Waals surface area contributed by atoms with Gasteiger partial charge >= 0.3 is 12.0 Å². The van der Waals surface area contributed by atoms with Gasteiger partial charge in [-0.25, -0.2) is 17.9 Å². The first kappa shape index (κ1) is 19.6. The number of urea groups is 1. The Labute approximate surface area is 124 Å². The fourth-order valence-electron chi connectivity index (χ4n) is 1.56. The van der Waals surface area contributed by atoms with Gasteiger partial charge in [0.1, 0.15) is 6.54 Å². The molecule has 21 heavy (non-hydrogen) atoms. The van der Waals surface area contributed by atoms with E-state index in [4.69, 9.17) is 9.84 Å². The predicted molar refractivity (Wildman–Crippen MR) is 76.5 cm³/mol. The molecule has 0 aromatic rings. The molecule has 10 heteroatoms. The van der Waals surface area contributed by atoms with Crippen LogP contribution in [0.5, 0.6) is 0 Å². The molecule has 0 aromatic heterocycles. The lowest BCUT2D eigenvalue weighted by Crippen LogP contribution is -2.54. The first-order valence-corrected chi connectivity index (χ1v) is 8.08. The molecule has 0 bridgehead atoms. The van der Waals surface area contributed by atoms with Crippen LogP contribution in [0.1, 0.15) is 13.8 Å². The van der Waals surface area contributed by atoms with Crippen molar-refractivity contribution in [2.24, 2.45) is 0 Å². The monoisotopic (exact) mass is 325 g/mol. The minimum Gasteiger partial charge on any atom is -0.480 e. The minimum absolute atomic E-state index is 0.0159. The maximum atomic E-state index is 11.9. The number of carboxylic acid groups (broad SMARTS) is 1. The summed E-state index contributed by atoms with van der Waals surface area (Å²) in [7, 11) is -1.97. The smallest absolute Gasteiger partial charge is 0.323 e. The summed E-state index contributed by atoms with van der Waals surface area (Å²) in [4.78, 5) is 23.7. The number of ether oxygens (including phenoxy) is 1. The van der Waals surface area contributed by atoms with Gasteiger partial charge in [-0.2, -0.15) is 0 Å². The van der Waals surface area contributed by atoms with Crippen LogP contribution in [0.2, 0.25) is 0 Å². The third-order valence-corrected chi connectivity index (χ3v) is 3.25. The summed E-state index contributed by atoms with van der Waals surface area (Å²) in [5.41, 5.74) is -0.889. The number of nitrogens with one attached hydrogen (secondary N) is 2. The lowest BCUT2D eigenvalue weighted by molar-refractivity contribution is -0.137. The van der Waals surface area contributed by atoms with E-state index < -0.39 is 34.1 Å². The lowest BCUT2D eigenvalue weighted by atomic mass is 10.1. The number of nitrogens with zero attached hydrogens (tertiary/aromatic N) is 1. The van der Waals surface area contributed by atoms with Crippen LogP contribution in [-0.2, 0) is 19.6 Å². The second kappa shape index (κ2) is 8.15. The van der Waals surface area contributed by atoms with Crippen molar-refractivity contribution in [1.29, 1.82) is 0 Å². The van der Waals surface area contributed by atoms with Crippen LogP contribution in [0.3, 0.4) is 0 Å². The highest BCUT2D eigenvalue weighted by atomic mass is 32.2. The van der Waals surface area contributed by atoms with Crippen molar-refractivity contribution in [2.45, 2.75) is 19.4 Å². The number of rotatable bonds is 9. The number of sulfonamides is 1. The molecule has 0 spiro atoms. The molecular formula is C11H23N3O6S. The van der Waals surface area contributed by atoms with Crippen molar-refractivity contribution < 1.29 is 27.9 Å². The zero-order chi connectivity index (χ0) is 16.7. The molecule has 2 amide bonds. The van der Waals surface area contributed by atoms with E-state index in [2.05, 4.69) is 10.0 Å². The molecule has 0 atom stereocenters. The van der Waals surface area contributed by atoms with E-state index >= 15 is 0 Å². The molecule has 0 saturated carbocycles. The third-order valence-electron chi connectivity index (χ3n) is 2.32. The first-order chi connectivity index (χ1) is 9.47. The van der Waals surface area contributed by atoms with Gasteiger partial charge in [-0.1, -0.05) is 0 Å². The van der Waals surface area contributed by atoms with Gasteiger partial charge in [-0.05, 0) is 13.8 Å². The van der Waals surface area contributed by atoms with Crippen molar-refractivity contribution >= 4 is 22.0 Å². The Hall–Kier alpha value is -1.39. The molecule has 0 aliphatic rings. The van der Waals surface area contributed by atoms with Crippen molar-refractivity contribution in [3.05, 3.63) is 0 Å². The van der Waals surface area contributed by atoms with Crippen molar-refractivity contribution in [2.75, 3.05) is 39.6 Å². The topological polar surface area (TPSA) is 125 Å². The Kier molecular flexibility index (Phi) is 7.61. The molecule has 0 aromatic carbocycles. The van der Waals surface area contributed by atoms with E-state index in [9.17, 15) is 18.0 Å². The summed E-state index contributed by atoms with van der Waals surface area (Å²) in [6, 6.07) is -0.599. The van der Waals surface area contributed by atoms with Gasteiger partial charge in [0.15, 0.2) is 0 Å². The molecule has 0 aliphatic heterocycles. The summed E-state index contributed by atoms with van der Waals surface area (Å²) in [6.45, 7) is 3.08. The Bertz CT molecular complexity index is 463. The molecular weight excluding hydrogens is 302 g/mol. The lowest BCUT2D eigenvalue weighted by Gasteiger charge is -2.27. The van der Waals surface area contributed by atoms with Crippen molar-refractivity contribution in [3.63, 3.8) is 0 Å². The van der Waals surface area contributed by atoms with E-state index in [-0.39, 0.29) is 19.7 Å². The number of hydrogen-bond acceptors (Lipinski definition) is 5. The Morgan fingerprint density at radius 2 is 1.90 bits per heavy atom. The maximum Gasteiger partial charge on any atom is 0.323 e. The van der Waals surface area contributed by atoms with Gasteiger partial charge in [0.25, 0.3) is 0 Å². The molecule has 0 heterocycles. The van der Waals surface area contributed by atoms with E-state index in [1.165, 1.54) is 7.11 Å². The fourth-order valence-corrected chi connectivity index (χ4v) is 2.64. The SMILES string of the molecule is COCCN(CC(=O)O)C(=O)NCC(C)(C)NS(C)(=O)=O. The van der Waals surface area contributed by atoms with E-state index in [0.29, 0.717) is 0 Å². The number of amides is 2. The van der Waals surface area contributed by atoms with Crippen LogP contribution in [0, 0.1) is 0 Å². The van der Waals surface area contributed by atoms with Gasteiger partial charge in [-0.15, -0.1) is 0 Å². The van der Waals surface area contributed by atoms with E-state index in [0.717, 1.165) is 11.2 Å². The summed E-state index contributed by atoms with van der Waals surface area (Å²) in [5, 5.41) is 11.3. The Morgan fingerprint density at radius 1 is 1.33 bits per heavy atom. The van der Waals surface area contributed by atoms with Crippen LogP contribution in [-0.4, -0.2) is 75.6 Å². The molecule has 0 fully saturated rings. The Morgan fingerprint density at radius 3 is 2.33 bits per heavy atom. The normalized spacial score (nSPS) is 12.0. The predicted octanol–water partition coefficient (Wildman–Crippen LogP) is -0.943. The van der Waals surface area contributed by atoms with Gasteiger partial charge in [-0.3, -0.25) is 4.79 Å². The average Bonchev–Trinajstić information content (AvgIpc) is 2.28. The van der Waals surface area contributed by atoms with Gasteiger partial charge in [0.05, 0.1) is 12.9 Å².